The molecule has 0 unspecified atom stereocenters. The van der Waals surface area contributed by atoms with Gasteiger partial charge in [0.05, 0.1) is 13.2 Å². The van der Waals surface area contributed by atoms with Crippen molar-refractivity contribution in [3.05, 3.63) is 64.2 Å². The minimum Gasteiger partial charge on any atom is -0.494 e. The van der Waals surface area contributed by atoms with Gasteiger partial charge in [0.1, 0.15) is 30.2 Å². The van der Waals surface area contributed by atoms with Gasteiger partial charge in [0.25, 0.3) is 0 Å². The van der Waals surface area contributed by atoms with Crippen LogP contribution in [-0.2, 0) is 11.2 Å². The molecule has 2 aromatic carbocycles. The lowest BCUT2D eigenvalue weighted by Crippen LogP contribution is -2.49. The van der Waals surface area contributed by atoms with Crippen molar-refractivity contribution in [2.75, 3.05) is 13.2 Å². The van der Waals surface area contributed by atoms with Crippen molar-refractivity contribution < 1.29 is 24.8 Å². The molecule has 0 aliphatic carbocycles. The number of aliphatic hydroxyl groups excluding tert-OH is 3. The number of hydrogen-bond donors (Lipinski definition) is 3. The number of benzene rings is 2. The molecule has 26 heavy (non-hydrogen) atoms. The molecule has 1 saturated heterocycles. The van der Waals surface area contributed by atoms with Gasteiger partial charge in [-0.2, -0.15) is 0 Å². The Morgan fingerprint density at radius 3 is 2.50 bits per heavy atom. The maximum Gasteiger partial charge on any atom is 0.119 e. The third-order valence-electron chi connectivity index (χ3n) is 4.53. The summed E-state index contributed by atoms with van der Waals surface area (Å²) in [4.78, 5) is 0. The summed E-state index contributed by atoms with van der Waals surface area (Å²) < 4.78 is 11.0. The third-order valence-corrected chi connectivity index (χ3v) is 4.90. The Hall–Kier alpha value is -1.63. The molecule has 1 aliphatic rings. The maximum absolute atomic E-state index is 10.2. The average Bonchev–Trinajstić information content (AvgIpc) is 2.64. The highest BCUT2D eigenvalue weighted by molar-refractivity contribution is 6.31. The fourth-order valence-electron chi connectivity index (χ4n) is 3.10. The molecule has 0 spiro atoms. The first-order chi connectivity index (χ1) is 12.5. The van der Waals surface area contributed by atoms with E-state index in [1.54, 1.807) is 12.1 Å². The normalized spacial score (nSPS) is 25.9. The second kappa shape index (κ2) is 8.37. The smallest absolute Gasteiger partial charge is 0.119 e. The van der Waals surface area contributed by atoms with Crippen LogP contribution in [0.5, 0.6) is 5.75 Å². The molecule has 0 aromatic heterocycles. The lowest BCUT2D eigenvalue weighted by Gasteiger charge is -2.35. The van der Waals surface area contributed by atoms with Gasteiger partial charge in [0.2, 0.25) is 0 Å². The van der Waals surface area contributed by atoms with Crippen LogP contribution in [0.4, 0.5) is 0 Å². The summed E-state index contributed by atoms with van der Waals surface area (Å²) in [6.07, 6.45) is -3.61. The van der Waals surface area contributed by atoms with Gasteiger partial charge in [-0.05, 0) is 48.2 Å². The summed E-state index contributed by atoms with van der Waals surface area (Å²) in [7, 11) is 0. The van der Waals surface area contributed by atoms with Crippen LogP contribution in [0.1, 0.15) is 29.7 Å². The molecule has 140 valence electrons. The first-order valence-electron chi connectivity index (χ1n) is 8.65. The molecule has 3 N–H and O–H groups in total. The van der Waals surface area contributed by atoms with E-state index in [-0.39, 0.29) is 6.61 Å². The van der Waals surface area contributed by atoms with Crippen molar-refractivity contribution in [1.82, 2.24) is 0 Å². The van der Waals surface area contributed by atoms with Crippen molar-refractivity contribution in [3.8, 4) is 5.75 Å². The molecule has 2 aromatic rings. The zero-order chi connectivity index (χ0) is 18.7. The lowest BCUT2D eigenvalue weighted by atomic mass is 9.93. The summed E-state index contributed by atoms with van der Waals surface area (Å²) in [6.45, 7) is 2.54. The van der Waals surface area contributed by atoms with Gasteiger partial charge in [-0.1, -0.05) is 35.9 Å². The van der Waals surface area contributed by atoms with Crippen LogP contribution >= 0.6 is 11.6 Å². The largest absolute Gasteiger partial charge is 0.494 e. The Morgan fingerprint density at radius 2 is 1.81 bits per heavy atom. The lowest BCUT2D eigenvalue weighted by molar-refractivity contribution is -0.189. The van der Waals surface area contributed by atoms with Crippen LogP contribution < -0.4 is 4.74 Å². The SMILES string of the molecule is CCOc1ccc(Cc2cc([C@H]3OC[C@@H](O)[C@@H](O)[C@H]3O)ccc2Cl)cc1. The summed E-state index contributed by atoms with van der Waals surface area (Å²) in [5, 5.41) is 30.3. The molecular formula is C20H23ClO5. The Kier molecular flexibility index (Phi) is 6.16. The molecule has 6 heteroatoms. The molecule has 3 rings (SSSR count). The van der Waals surface area contributed by atoms with Crippen molar-refractivity contribution in [2.45, 2.75) is 37.8 Å². The van der Waals surface area contributed by atoms with Gasteiger partial charge in [-0.25, -0.2) is 0 Å². The summed E-state index contributed by atoms with van der Waals surface area (Å²) in [6, 6.07) is 13.2. The first-order valence-corrected chi connectivity index (χ1v) is 9.03. The number of halogens is 1. The van der Waals surface area contributed by atoms with E-state index < -0.39 is 24.4 Å². The predicted molar refractivity (Wildman–Crippen MR) is 98.6 cm³/mol. The van der Waals surface area contributed by atoms with Gasteiger partial charge in [0.15, 0.2) is 0 Å². The van der Waals surface area contributed by atoms with Crippen LogP contribution in [0.15, 0.2) is 42.5 Å². The second-order valence-electron chi connectivity index (χ2n) is 6.41. The van der Waals surface area contributed by atoms with Crippen molar-refractivity contribution in [1.29, 1.82) is 0 Å². The zero-order valence-electron chi connectivity index (χ0n) is 14.5. The van der Waals surface area contributed by atoms with Crippen LogP contribution in [-0.4, -0.2) is 46.8 Å². The number of aliphatic hydroxyl groups is 3. The Labute approximate surface area is 157 Å². The van der Waals surface area contributed by atoms with E-state index in [9.17, 15) is 15.3 Å². The average molecular weight is 379 g/mol. The first kappa shape index (κ1) is 19.1. The minimum absolute atomic E-state index is 0.0280. The van der Waals surface area contributed by atoms with E-state index in [1.165, 1.54) is 0 Å². The Bertz CT molecular complexity index is 733. The van der Waals surface area contributed by atoms with E-state index in [4.69, 9.17) is 21.1 Å². The quantitative estimate of drug-likeness (QED) is 0.745. The van der Waals surface area contributed by atoms with Crippen LogP contribution in [0, 0.1) is 0 Å². The van der Waals surface area contributed by atoms with E-state index in [0.29, 0.717) is 23.6 Å². The van der Waals surface area contributed by atoms with Crippen LogP contribution in [0.2, 0.25) is 5.02 Å². The fraction of sp³-hybridized carbons (Fsp3) is 0.400. The van der Waals surface area contributed by atoms with Gasteiger partial charge in [0, 0.05) is 5.02 Å². The molecule has 0 amide bonds. The Balaban J connectivity index is 1.79. The predicted octanol–water partition coefficient (Wildman–Crippen LogP) is 2.48. The van der Waals surface area contributed by atoms with Gasteiger partial charge in [-0.3, -0.25) is 0 Å². The highest BCUT2D eigenvalue weighted by Gasteiger charge is 2.38. The van der Waals surface area contributed by atoms with Gasteiger partial charge in [-0.15, -0.1) is 0 Å². The van der Waals surface area contributed by atoms with Crippen LogP contribution in [0.3, 0.4) is 0 Å². The van der Waals surface area contributed by atoms with Crippen LogP contribution in [0.25, 0.3) is 0 Å². The molecule has 0 bridgehead atoms. The number of rotatable bonds is 5. The van der Waals surface area contributed by atoms with Crippen molar-refractivity contribution in [2.24, 2.45) is 0 Å². The monoisotopic (exact) mass is 378 g/mol. The second-order valence-corrected chi connectivity index (χ2v) is 6.81. The fourth-order valence-corrected chi connectivity index (χ4v) is 3.28. The molecule has 0 radical (unpaired) electrons. The maximum atomic E-state index is 10.2. The van der Waals surface area contributed by atoms with Crippen molar-refractivity contribution in [3.63, 3.8) is 0 Å². The molecule has 1 aliphatic heterocycles. The standard InChI is InChI=1S/C20H23ClO5/c1-2-25-15-6-3-12(4-7-15)9-14-10-13(5-8-16(14)21)20-19(24)18(23)17(22)11-26-20/h3-8,10,17-20,22-24H,2,9,11H2,1H3/t17-,18-,19-,20-/m1/s1. The highest BCUT2D eigenvalue weighted by atomic mass is 35.5. The molecular weight excluding hydrogens is 356 g/mol. The minimum atomic E-state index is -1.24. The highest BCUT2D eigenvalue weighted by Crippen LogP contribution is 2.32. The van der Waals surface area contributed by atoms with E-state index >= 15 is 0 Å². The number of hydrogen-bond acceptors (Lipinski definition) is 5. The summed E-state index contributed by atoms with van der Waals surface area (Å²) in [5.41, 5.74) is 2.69. The zero-order valence-corrected chi connectivity index (χ0v) is 15.3. The van der Waals surface area contributed by atoms with Gasteiger partial charge >= 0.3 is 0 Å². The number of ether oxygens (including phenoxy) is 2. The van der Waals surface area contributed by atoms with E-state index in [0.717, 1.165) is 16.9 Å². The van der Waals surface area contributed by atoms with Gasteiger partial charge < -0.3 is 24.8 Å². The summed E-state index contributed by atoms with van der Waals surface area (Å²) in [5.74, 6) is 0.822. The van der Waals surface area contributed by atoms with E-state index in [1.807, 2.05) is 37.3 Å². The van der Waals surface area contributed by atoms with Crippen molar-refractivity contribution >= 4 is 11.6 Å². The molecule has 1 fully saturated rings. The Morgan fingerprint density at radius 1 is 1.08 bits per heavy atom. The van der Waals surface area contributed by atoms with E-state index in [2.05, 4.69) is 0 Å². The molecule has 4 atom stereocenters. The third kappa shape index (κ3) is 4.19. The topological polar surface area (TPSA) is 79.2 Å². The molecule has 0 saturated carbocycles. The molecule has 1 heterocycles. The molecule has 5 nitrogen and oxygen atoms in total. The summed E-state index contributed by atoms with van der Waals surface area (Å²) >= 11 is 6.34.